The summed E-state index contributed by atoms with van der Waals surface area (Å²) in [5.41, 5.74) is 6.04. The molecule has 6 nitrogen and oxygen atoms in total. The molecule has 0 saturated heterocycles. The van der Waals surface area contributed by atoms with Crippen LogP contribution in [0.15, 0.2) is 22.3 Å². The van der Waals surface area contributed by atoms with E-state index in [9.17, 15) is 0 Å². The molecule has 7 heteroatoms. The van der Waals surface area contributed by atoms with Gasteiger partial charge in [-0.3, -0.25) is 5.10 Å². The second-order valence-electron chi connectivity index (χ2n) is 5.06. The predicted octanol–water partition coefficient (Wildman–Crippen LogP) is 2.42. The maximum absolute atomic E-state index is 5.86. The summed E-state index contributed by atoms with van der Waals surface area (Å²) in [5, 5.41) is 8.20. The van der Waals surface area contributed by atoms with E-state index in [4.69, 9.17) is 10.5 Å². The smallest absolute Gasteiger partial charge is 0.238 e. The summed E-state index contributed by atoms with van der Waals surface area (Å²) in [5.74, 6) is 1.20. The van der Waals surface area contributed by atoms with Crippen molar-refractivity contribution >= 4 is 17.4 Å². The van der Waals surface area contributed by atoms with E-state index in [1.165, 1.54) is 11.8 Å². The van der Waals surface area contributed by atoms with Crippen LogP contribution in [0, 0.1) is 6.92 Å². The van der Waals surface area contributed by atoms with Gasteiger partial charge in [0.2, 0.25) is 11.0 Å². The zero-order valence-electron chi connectivity index (χ0n) is 11.4. The quantitative estimate of drug-likeness (QED) is 0.896. The Morgan fingerprint density at radius 2 is 2.00 bits per heavy atom. The fourth-order valence-electron chi connectivity index (χ4n) is 1.32. The number of nitrogen functional groups attached to an aromatic ring is 1. The highest BCUT2D eigenvalue weighted by atomic mass is 32.2. The molecule has 0 spiro atoms. The fourth-order valence-corrected chi connectivity index (χ4v) is 2.05. The van der Waals surface area contributed by atoms with E-state index in [0.717, 1.165) is 10.9 Å². The number of hydrogen-bond donors (Lipinski definition) is 2. The first-order valence-electron chi connectivity index (χ1n) is 5.86. The van der Waals surface area contributed by atoms with Crippen molar-refractivity contribution in [1.29, 1.82) is 0 Å². The fraction of sp³-hybridized carbons (Fsp3) is 0.417. The van der Waals surface area contributed by atoms with Gasteiger partial charge in [0.05, 0.1) is 5.69 Å². The minimum atomic E-state index is -0.342. The maximum atomic E-state index is 5.86. The molecule has 0 unspecified atom stereocenters. The molecule has 102 valence electrons. The summed E-state index contributed by atoms with van der Waals surface area (Å²) >= 11 is 1.36. The summed E-state index contributed by atoms with van der Waals surface area (Å²) in [6.45, 7) is 7.70. The summed E-state index contributed by atoms with van der Waals surface area (Å²) < 4.78 is 5.72. The lowest BCUT2D eigenvalue weighted by atomic mass is 10.2. The van der Waals surface area contributed by atoms with Crippen LogP contribution in [-0.4, -0.2) is 25.8 Å². The minimum Gasteiger partial charge on any atom is -0.470 e. The number of H-pyrrole nitrogens is 1. The van der Waals surface area contributed by atoms with Crippen LogP contribution in [0.2, 0.25) is 0 Å². The Morgan fingerprint density at radius 3 is 2.58 bits per heavy atom. The van der Waals surface area contributed by atoms with E-state index >= 15 is 0 Å². The van der Waals surface area contributed by atoms with Crippen molar-refractivity contribution in [3.63, 3.8) is 0 Å². The Hall–Kier alpha value is -1.76. The molecule has 0 amide bonds. The second kappa shape index (κ2) is 5.08. The molecule has 0 fully saturated rings. The Labute approximate surface area is 116 Å². The van der Waals surface area contributed by atoms with Crippen LogP contribution in [-0.2, 0) is 0 Å². The first kappa shape index (κ1) is 13.7. The van der Waals surface area contributed by atoms with Crippen molar-refractivity contribution in [2.45, 2.75) is 43.5 Å². The van der Waals surface area contributed by atoms with Gasteiger partial charge in [0.1, 0.15) is 16.5 Å². The summed E-state index contributed by atoms with van der Waals surface area (Å²) in [4.78, 5) is 8.60. The normalized spacial score (nSPS) is 11.6. The summed E-state index contributed by atoms with van der Waals surface area (Å²) in [6.07, 6.45) is 0. The molecular formula is C12H17N5OS. The molecule has 2 heterocycles. The molecular weight excluding hydrogens is 262 g/mol. The number of aromatic amines is 1. The van der Waals surface area contributed by atoms with E-state index in [1.807, 2.05) is 33.8 Å². The van der Waals surface area contributed by atoms with Gasteiger partial charge < -0.3 is 10.5 Å². The van der Waals surface area contributed by atoms with Gasteiger partial charge in [-0.25, -0.2) is 9.97 Å². The van der Waals surface area contributed by atoms with Crippen LogP contribution in [0.25, 0.3) is 0 Å². The highest BCUT2D eigenvalue weighted by Gasteiger charge is 2.16. The van der Waals surface area contributed by atoms with Crippen molar-refractivity contribution in [3.8, 4) is 5.88 Å². The van der Waals surface area contributed by atoms with Crippen LogP contribution < -0.4 is 10.5 Å². The zero-order chi connectivity index (χ0) is 14.0. The summed E-state index contributed by atoms with van der Waals surface area (Å²) in [7, 11) is 0. The monoisotopic (exact) mass is 279 g/mol. The van der Waals surface area contributed by atoms with Gasteiger partial charge in [0.15, 0.2) is 0 Å². The Morgan fingerprint density at radius 1 is 1.26 bits per heavy atom. The van der Waals surface area contributed by atoms with Crippen LogP contribution in [0.5, 0.6) is 5.88 Å². The van der Waals surface area contributed by atoms with Crippen LogP contribution in [0.3, 0.4) is 0 Å². The number of aryl methyl sites for hydroxylation is 1. The van der Waals surface area contributed by atoms with Crippen LogP contribution >= 0.6 is 11.8 Å². The van der Waals surface area contributed by atoms with Gasteiger partial charge in [-0.2, -0.15) is 0 Å². The molecule has 2 rings (SSSR count). The van der Waals surface area contributed by atoms with Crippen molar-refractivity contribution in [3.05, 3.63) is 18.0 Å². The average Bonchev–Trinajstić information content (AvgIpc) is 2.67. The lowest BCUT2D eigenvalue weighted by molar-refractivity contribution is 0.124. The molecule has 0 saturated carbocycles. The largest absolute Gasteiger partial charge is 0.470 e. The number of nitrogens with one attached hydrogen (secondary N) is 1. The molecule has 0 aromatic carbocycles. The Bertz CT molecular complexity index is 576. The second-order valence-corrected chi connectivity index (χ2v) is 6.05. The first-order chi connectivity index (χ1) is 8.83. The molecule has 2 aromatic heterocycles. The molecule has 0 aliphatic heterocycles. The minimum absolute atomic E-state index is 0.342. The van der Waals surface area contributed by atoms with Gasteiger partial charge in [0, 0.05) is 0 Å². The zero-order valence-corrected chi connectivity index (χ0v) is 12.2. The average molecular weight is 279 g/mol. The number of rotatable bonds is 3. The number of hydrogen-bond acceptors (Lipinski definition) is 6. The van der Waals surface area contributed by atoms with Gasteiger partial charge in [-0.1, -0.05) is 0 Å². The van der Waals surface area contributed by atoms with E-state index in [2.05, 4.69) is 20.2 Å². The third-order valence-corrected chi connectivity index (χ3v) is 2.84. The summed E-state index contributed by atoms with van der Waals surface area (Å²) in [6, 6.07) is 3.59. The Kier molecular flexibility index (Phi) is 3.66. The van der Waals surface area contributed by atoms with Crippen molar-refractivity contribution in [2.24, 2.45) is 0 Å². The third-order valence-electron chi connectivity index (χ3n) is 2.04. The lowest BCUT2D eigenvalue weighted by Crippen LogP contribution is -2.24. The maximum Gasteiger partial charge on any atom is 0.238 e. The number of pyridine rings is 1. The molecule has 0 radical (unpaired) electrons. The van der Waals surface area contributed by atoms with Gasteiger partial charge in [0.25, 0.3) is 0 Å². The molecule has 19 heavy (non-hydrogen) atoms. The van der Waals surface area contributed by atoms with Gasteiger partial charge in [-0.15, -0.1) is 5.10 Å². The molecule has 0 atom stereocenters. The van der Waals surface area contributed by atoms with Crippen molar-refractivity contribution < 1.29 is 4.74 Å². The molecule has 2 aromatic rings. The molecule has 0 aliphatic rings. The number of nitrogens with zero attached hydrogens (tertiary/aromatic N) is 3. The topological polar surface area (TPSA) is 89.7 Å². The third kappa shape index (κ3) is 3.85. The lowest BCUT2D eigenvalue weighted by Gasteiger charge is -2.21. The first-order valence-corrected chi connectivity index (χ1v) is 6.67. The number of aromatic nitrogens is 4. The van der Waals surface area contributed by atoms with E-state index in [-0.39, 0.29) is 5.60 Å². The van der Waals surface area contributed by atoms with Gasteiger partial charge >= 0.3 is 0 Å². The van der Waals surface area contributed by atoms with Crippen LogP contribution in [0.4, 0.5) is 5.69 Å². The van der Waals surface area contributed by atoms with E-state index in [1.54, 1.807) is 6.07 Å². The highest BCUT2D eigenvalue weighted by molar-refractivity contribution is 7.99. The Balaban J connectivity index is 2.21. The van der Waals surface area contributed by atoms with E-state index in [0.29, 0.717) is 16.7 Å². The molecule has 0 bridgehead atoms. The van der Waals surface area contributed by atoms with E-state index < -0.39 is 0 Å². The standard InChI is InChI=1S/C12H17N5OS/c1-7-14-11(17-16-7)19-9-6-5-8(13)10(15-9)18-12(2,3)4/h5-6H,13H2,1-4H3,(H,14,16,17). The number of nitrogens with two attached hydrogens (primary N) is 1. The highest BCUT2D eigenvalue weighted by Crippen LogP contribution is 2.29. The van der Waals surface area contributed by atoms with Crippen LogP contribution in [0.1, 0.15) is 26.6 Å². The predicted molar refractivity (Wildman–Crippen MR) is 74.3 cm³/mol. The van der Waals surface area contributed by atoms with Gasteiger partial charge in [-0.05, 0) is 51.6 Å². The molecule has 3 N–H and O–H groups in total. The molecule has 0 aliphatic carbocycles. The number of anilines is 1. The van der Waals surface area contributed by atoms with Crippen molar-refractivity contribution in [1.82, 2.24) is 20.2 Å². The SMILES string of the molecule is Cc1nc(Sc2ccc(N)c(OC(C)(C)C)n2)n[nH]1. The van der Waals surface area contributed by atoms with Crippen molar-refractivity contribution in [2.75, 3.05) is 5.73 Å². The number of ether oxygens (including phenoxy) is 1.